The number of nitrogens with one attached hydrogen (secondary N) is 1. The van der Waals surface area contributed by atoms with Crippen LogP contribution in [0, 0.1) is 5.92 Å². The third kappa shape index (κ3) is 4.47. The van der Waals surface area contributed by atoms with Crippen LogP contribution in [-0.4, -0.2) is 27.8 Å². The van der Waals surface area contributed by atoms with E-state index in [0.717, 1.165) is 11.3 Å². The minimum absolute atomic E-state index is 0.145. The van der Waals surface area contributed by atoms with Gasteiger partial charge < -0.3 is 9.41 Å². The first-order valence-electron chi connectivity index (χ1n) is 11.3. The molecule has 3 rings (SSSR count). The Kier molecular flexibility index (Phi) is 6.74. The summed E-state index contributed by atoms with van der Waals surface area (Å²) in [4.78, 5) is 24.5. The fourth-order valence-electron chi connectivity index (χ4n) is 4.88. The molecule has 0 atom stereocenters. The Balaban J connectivity index is 2.03. The molecule has 2 heterocycles. The fraction of sp³-hybridized carbons (Fsp3) is 0.542. The second kappa shape index (κ2) is 8.98. The van der Waals surface area contributed by atoms with Crippen molar-refractivity contribution in [2.45, 2.75) is 78.6 Å². The van der Waals surface area contributed by atoms with Gasteiger partial charge in [-0.05, 0) is 34.7 Å². The summed E-state index contributed by atoms with van der Waals surface area (Å²) in [6.07, 6.45) is 1.69. The molecular formula is C24H36N4O2Si. The first-order valence-corrected chi connectivity index (χ1v) is 13.4. The zero-order valence-electron chi connectivity index (χ0n) is 20.1. The molecule has 0 aliphatic heterocycles. The molecule has 31 heavy (non-hydrogen) atoms. The smallest absolute Gasteiger partial charge is 0.327 e. The number of imidazole rings is 1. The standard InChI is InChI=1S/C24H36N4O2Si/c1-15(2)14-28-23-21(26-24(28)29)13-25-22(27-23)19-10-9-11-20(12-19)30-31(16(3)4,17(5)6)18(7)8/h9-13,15-18H,14H2,1-8H3,(H,26,29). The summed E-state index contributed by atoms with van der Waals surface area (Å²) in [5.41, 5.74) is 3.53. The van der Waals surface area contributed by atoms with Crippen molar-refractivity contribution < 1.29 is 4.43 Å². The third-order valence-electron chi connectivity index (χ3n) is 6.15. The van der Waals surface area contributed by atoms with Crippen molar-refractivity contribution in [2.75, 3.05) is 0 Å². The zero-order chi connectivity index (χ0) is 22.9. The normalized spacial score (nSPS) is 12.6. The molecule has 0 radical (unpaired) electrons. The van der Waals surface area contributed by atoms with Gasteiger partial charge in [0.2, 0.25) is 0 Å². The highest BCUT2D eigenvalue weighted by molar-refractivity contribution is 6.78. The van der Waals surface area contributed by atoms with Crippen molar-refractivity contribution in [3.63, 3.8) is 0 Å². The Labute approximate surface area is 186 Å². The molecule has 0 saturated heterocycles. The lowest BCUT2D eigenvalue weighted by Gasteiger charge is -2.42. The van der Waals surface area contributed by atoms with Crippen LogP contribution in [-0.2, 0) is 6.54 Å². The second-order valence-corrected chi connectivity index (χ2v) is 15.2. The number of rotatable bonds is 8. The molecule has 7 heteroatoms. The Morgan fingerprint density at radius 3 is 2.26 bits per heavy atom. The van der Waals surface area contributed by atoms with Gasteiger partial charge in [-0.25, -0.2) is 14.8 Å². The quantitative estimate of drug-likeness (QED) is 0.436. The molecule has 0 aliphatic carbocycles. The maximum Gasteiger partial charge on any atom is 0.327 e. The van der Waals surface area contributed by atoms with Crippen molar-refractivity contribution in [3.05, 3.63) is 40.9 Å². The van der Waals surface area contributed by atoms with E-state index < -0.39 is 8.32 Å². The number of aromatic nitrogens is 4. The molecule has 0 amide bonds. The van der Waals surface area contributed by atoms with E-state index in [2.05, 4.69) is 65.4 Å². The van der Waals surface area contributed by atoms with E-state index in [-0.39, 0.29) is 5.69 Å². The summed E-state index contributed by atoms with van der Waals surface area (Å²) in [6.45, 7) is 18.5. The van der Waals surface area contributed by atoms with Gasteiger partial charge in [-0.3, -0.25) is 4.57 Å². The Morgan fingerprint density at radius 1 is 1.03 bits per heavy atom. The Bertz CT molecular complexity index is 1080. The van der Waals surface area contributed by atoms with Crippen LogP contribution in [0.1, 0.15) is 55.4 Å². The molecule has 0 aliphatic rings. The molecule has 0 saturated carbocycles. The number of hydrogen-bond donors (Lipinski definition) is 1. The number of H-pyrrole nitrogens is 1. The van der Waals surface area contributed by atoms with Crippen LogP contribution in [0.25, 0.3) is 22.6 Å². The van der Waals surface area contributed by atoms with Crippen LogP contribution in [0.3, 0.4) is 0 Å². The van der Waals surface area contributed by atoms with Crippen LogP contribution >= 0.6 is 0 Å². The molecule has 0 bridgehead atoms. The highest BCUT2D eigenvalue weighted by Crippen LogP contribution is 2.43. The largest absolute Gasteiger partial charge is 0.543 e. The van der Waals surface area contributed by atoms with Crippen LogP contribution in [0.5, 0.6) is 5.75 Å². The molecule has 2 aromatic heterocycles. The summed E-state index contributed by atoms with van der Waals surface area (Å²) in [7, 11) is -2.05. The van der Waals surface area contributed by atoms with Crippen molar-refractivity contribution in [3.8, 4) is 17.1 Å². The predicted molar refractivity (Wildman–Crippen MR) is 130 cm³/mol. The number of nitrogens with zero attached hydrogens (tertiary/aromatic N) is 3. The monoisotopic (exact) mass is 440 g/mol. The summed E-state index contributed by atoms with van der Waals surface area (Å²) in [6, 6.07) is 8.06. The van der Waals surface area contributed by atoms with Gasteiger partial charge in [0.1, 0.15) is 11.3 Å². The molecule has 3 aromatic rings. The fourth-order valence-corrected chi connectivity index (χ4v) is 10.1. The number of benzene rings is 1. The van der Waals surface area contributed by atoms with Crippen molar-refractivity contribution in [1.82, 2.24) is 19.5 Å². The van der Waals surface area contributed by atoms with Crippen LogP contribution in [0.2, 0.25) is 16.6 Å². The van der Waals surface area contributed by atoms with E-state index in [1.807, 2.05) is 24.3 Å². The maximum atomic E-state index is 12.3. The molecule has 168 valence electrons. The lowest BCUT2D eigenvalue weighted by molar-refractivity contribution is 0.480. The topological polar surface area (TPSA) is 72.8 Å². The maximum absolute atomic E-state index is 12.3. The number of hydrogen-bond acceptors (Lipinski definition) is 4. The van der Waals surface area contributed by atoms with E-state index in [1.165, 1.54) is 0 Å². The van der Waals surface area contributed by atoms with Gasteiger partial charge in [0, 0.05) is 12.1 Å². The van der Waals surface area contributed by atoms with Crippen LogP contribution < -0.4 is 10.1 Å². The van der Waals surface area contributed by atoms with E-state index in [0.29, 0.717) is 46.1 Å². The number of fused-ring (bicyclic) bond motifs is 1. The molecular weight excluding hydrogens is 404 g/mol. The van der Waals surface area contributed by atoms with Gasteiger partial charge in [-0.15, -0.1) is 0 Å². The highest BCUT2D eigenvalue weighted by Gasteiger charge is 2.47. The first kappa shape index (κ1) is 23.3. The van der Waals surface area contributed by atoms with Gasteiger partial charge in [-0.1, -0.05) is 67.5 Å². The molecule has 0 unspecified atom stereocenters. The van der Waals surface area contributed by atoms with Gasteiger partial charge in [0.05, 0.1) is 6.20 Å². The van der Waals surface area contributed by atoms with Crippen molar-refractivity contribution in [1.29, 1.82) is 0 Å². The van der Waals surface area contributed by atoms with E-state index in [9.17, 15) is 4.79 Å². The average Bonchev–Trinajstić information content (AvgIpc) is 2.99. The minimum atomic E-state index is -2.05. The van der Waals surface area contributed by atoms with Gasteiger partial charge >= 0.3 is 5.69 Å². The average molecular weight is 441 g/mol. The molecule has 0 spiro atoms. The van der Waals surface area contributed by atoms with E-state index in [1.54, 1.807) is 10.8 Å². The lowest BCUT2D eigenvalue weighted by atomic mass is 10.2. The molecule has 6 nitrogen and oxygen atoms in total. The number of aromatic amines is 1. The van der Waals surface area contributed by atoms with E-state index in [4.69, 9.17) is 9.41 Å². The molecule has 0 fully saturated rings. The van der Waals surface area contributed by atoms with Crippen LogP contribution in [0.15, 0.2) is 35.3 Å². The summed E-state index contributed by atoms with van der Waals surface area (Å²) >= 11 is 0. The second-order valence-electron chi connectivity index (χ2n) is 9.81. The van der Waals surface area contributed by atoms with Crippen LogP contribution in [0.4, 0.5) is 0 Å². The zero-order valence-corrected chi connectivity index (χ0v) is 21.1. The molecule has 1 aromatic carbocycles. The Hall–Kier alpha value is -2.41. The summed E-state index contributed by atoms with van der Waals surface area (Å²) in [5, 5.41) is 0. The third-order valence-corrected chi connectivity index (χ3v) is 12.2. The molecule has 1 N–H and O–H groups in total. The summed E-state index contributed by atoms with van der Waals surface area (Å²) in [5.74, 6) is 1.81. The van der Waals surface area contributed by atoms with Gasteiger partial charge in [0.25, 0.3) is 8.32 Å². The van der Waals surface area contributed by atoms with Gasteiger partial charge in [-0.2, -0.15) is 0 Å². The van der Waals surface area contributed by atoms with Crippen molar-refractivity contribution >= 4 is 19.5 Å². The highest BCUT2D eigenvalue weighted by atomic mass is 28.4. The Morgan fingerprint density at radius 2 is 1.68 bits per heavy atom. The summed E-state index contributed by atoms with van der Waals surface area (Å²) < 4.78 is 8.53. The van der Waals surface area contributed by atoms with Crippen molar-refractivity contribution in [2.24, 2.45) is 5.92 Å². The predicted octanol–water partition coefficient (Wildman–Crippen LogP) is 6.00. The SMILES string of the molecule is CC(C)Cn1c(=O)[nH]c2cnc(-c3cccc(O[Si](C(C)C)(C(C)C)C(C)C)c3)nc21. The van der Waals surface area contributed by atoms with Gasteiger partial charge in [0.15, 0.2) is 11.5 Å². The minimum Gasteiger partial charge on any atom is -0.543 e. The first-order chi connectivity index (χ1) is 14.6. The lowest BCUT2D eigenvalue weighted by Crippen LogP contribution is -2.50. The van der Waals surface area contributed by atoms with E-state index >= 15 is 0 Å².